The predicted molar refractivity (Wildman–Crippen MR) is 95.4 cm³/mol. The zero-order chi connectivity index (χ0) is 15.4. The second kappa shape index (κ2) is 6.35. The van der Waals surface area contributed by atoms with Gasteiger partial charge in [0.05, 0.1) is 0 Å². The van der Waals surface area contributed by atoms with Crippen molar-refractivity contribution in [3.8, 4) is 0 Å². The maximum atomic E-state index is 3.42. The maximum absolute atomic E-state index is 3.42. The summed E-state index contributed by atoms with van der Waals surface area (Å²) in [7, 11) is 2.08. The first-order valence-corrected chi connectivity index (χ1v) is 7.45. The Kier molecular flexibility index (Phi) is 4.10. The van der Waals surface area contributed by atoms with E-state index in [2.05, 4.69) is 97.0 Å². The van der Waals surface area contributed by atoms with Crippen LogP contribution in [0, 0.1) is 6.92 Å². The van der Waals surface area contributed by atoms with Crippen molar-refractivity contribution in [3.63, 3.8) is 0 Å². The average molecular weight is 288 g/mol. The molecule has 110 valence electrons. The molecule has 0 amide bonds. The molecule has 3 aromatic carbocycles. The van der Waals surface area contributed by atoms with E-state index in [-0.39, 0.29) is 0 Å². The molecule has 2 heteroatoms. The third-order valence-corrected chi connectivity index (χ3v) is 3.74. The number of nitrogens with one attached hydrogen (secondary N) is 1. The summed E-state index contributed by atoms with van der Waals surface area (Å²) in [6.07, 6.45) is 0. The van der Waals surface area contributed by atoms with Gasteiger partial charge in [-0.1, -0.05) is 35.9 Å². The Labute approximate surface area is 132 Å². The van der Waals surface area contributed by atoms with Crippen molar-refractivity contribution < 1.29 is 0 Å². The standard InChI is InChI=1S/C20H20N2/c1-16-8-10-17(11-9-16)21-18-12-14-20(15-13-18)22(2)19-6-4-3-5-7-19/h3-15,21H,1-2H3. The number of nitrogens with zero attached hydrogens (tertiary/aromatic N) is 1. The lowest BCUT2D eigenvalue weighted by Crippen LogP contribution is -2.08. The molecule has 0 aromatic heterocycles. The third kappa shape index (κ3) is 3.29. The molecule has 3 aromatic rings. The van der Waals surface area contributed by atoms with Gasteiger partial charge in [-0.2, -0.15) is 0 Å². The number of hydrogen-bond donors (Lipinski definition) is 1. The van der Waals surface area contributed by atoms with Gasteiger partial charge in [-0.15, -0.1) is 0 Å². The van der Waals surface area contributed by atoms with E-state index in [9.17, 15) is 0 Å². The zero-order valence-corrected chi connectivity index (χ0v) is 13.0. The van der Waals surface area contributed by atoms with Crippen LogP contribution in [-0.4, -0.2) is 7.05 Å². The van der Waals surface area contributed by atoms with Gasteiger partial charge in [-0.3, -0.25) is 0 Å². The summed E-state index contributed by atoms with van der Waals surface area (Å²) in [5, 5.41) is 3.42. The van der Waals surface area contributed by atoms with Gasteiger partial charge in [-0.05, 0) is 55.5 Å². The highest BCUT2D eigenvalue weighted by atomic mass is 15.1. The maximum Gasteiger partial charge on any atom is 0.0409 e. The Bertz CT molecular complexity index is 716. The monoisotopic (exact) mass is 288 g/mol. The van der Waals surface area contributed by atoms with Gasteiger partial charge in [0, 0.05) is 29.8 Å². The molecule has 0 aliphatic rings. The lowest BCUT2D eigenvalue weighted by atomic mass is 10.2. The second-order valence-electron chi connectivity index (χ2n) is 5.43. The number of aryl methyl sites for hydroxylation is 1. The van der Waals surface area contributed by atoms with E-state index < -0.39 is 0 Å². The van der Waals surface area contributed by atoms with Crippen LogP contribution in [0.15, 0.2) is 78.9 Å². The van der Waals surface area contributed by atoms with Crippen molar-refractivity contribution in [1.29, 1.82) is 0 Å². The van der Waals surface area contributed by atoms with Gasteiger partial charge < -0.3 is 10.2 Å². The Morgan fingerprint density at radius 3 is 1.73 bits per heavy atom. The van der Waals surface area contributed by atoms with Gasteiger partial charge in [-0.25, -0.2) is 0 Å². The largest absolute Gasteiger partial charge is 0.356 e. The Morgan fingerprint density at radius 2 is 1.14 bits per heavy atom. The lowest BCUT2D eigenvalue weighted by molar-refractivity contribution is 1.21. The fourth-order valence-electron chi connectivity index (χ4n) is 2.37. The van der Waals surface area contributed by atoms with Gasteiger partial charge in [0.25, 0.3) is 0 Å². The topological polar surface area (TPSA) is 15.3 Å². The molecule has 0 aliphatic heterocycles. The normalized spacial score (nSPS) is 10.3. The van der Waals surface area contributed by atoms with E-state index >= 15 is 0 Å². The molecule has 0 bridgehead atoms. The minimum absolute atomic E-state index is 1.09. The summed E-state index contributed by atoms with van der Waals surface area (Å²) < 4.78 is 0. The molecule has 0 saturated carbocycles. The molecule has 0 unspecified atom stereocenters. The van der Waals surface area contributed by atoms with Crippen LogP contribution in [0.4, 0.5) is 22.7 Å². The molecular formula is C20H20N2. The highest BCUT2D eigenvalue weighted by Crippen LogP contribution is 2.25. The number of para-hydroxylation sites is 1. The molecule has 0 saturated heterocycles. The molecule has 0 aliphatic carbocycles. The number of anilines is 4. The first kappa shape index (κ1) is 14.2. The molecule has 1 N–H and O–H groups in total. The van der Waals surface area contributed by atoms with Crippen molar-refractivity contribution in [2.24, 2.45) is 0 Å². The van der Waals surface area contributed by atoms with Crippen LogP contribution < -0.4 is 10.2 Å². The average Bonchev–Trinajstić information content (AvgIpc) is 2.58. The number of hydrogen-bond acceptors (Lipinski definition) is 2. The molecular weight excluding hydrogens is 268 g/mol. The van der Waals surface area contributed by atoms with E-state index in [0.717, 1.165) is 11.4 Å². The molecule has 2 nitrogen and oxygen atoms in total. The highest BCUT2D eigenvalue weighted by Gasteiger charge is 2.03. The fraction of sp³-hybridized carbons (Fsp3) is 0.100. The molecule has 3 rings (SSSR count). The first-order chi connectivity index (χ1) is 10.7. The SMILES string of the molecule is Cc1ccc(Nc2ccc(N(C)c3ccccc3)cc2)cc1. The molecule has 0 fully saturated rings. The van der Waals surface area contributed by atoms with Crippen LogP contribution in [0.25, 0.3) is 0 Å². The molecule has 0 atom stereocenters. The predicted octanol–water partition coefficient (Wildman–Crippen LogP) is 5.51. The molecule has 0 spiro atoms. The van der Waals surface area contributed by atoms with Crippen molar-refractivity contribution in [3.05, 3.63) is 84.4 Å². The van der Waals surface area contributed by atoms with E-state index in [1.54, 1.807) is 0 Å². The van der Waals surface area contributed by atoms with Gasteiger partial charge in [0.1, 0.15) is 0 Å². The number of benzene rings is 3. The van der Waals surface area contributed by atoms with Crippen LogP contribution in [0.3, 0.4) is 0 Å². The Hall–Kier alpha value is -2.74. The third-order valence-electron chi connectivity index (χ3n) is 3.74. The summed E-state index contributed by atoms with van der Waals surface area (Å²) in [5.74, 6) is 0. The lowest BCUT2D eigenvalue weighted by Gasteiger charge is -2.19. The summed E-state index contributed by atoms with van der Waals surface area (Å²) in [6, 6.07) is 27.2. The van der Waals surface area contributed by atoms with Crippen LogP contribution >= 0.6 is 0 Å². The summed E-state index contributed by atoms with van der Waals surface area (Å²) in [6.45, 7) is 2.10. The molecule has 0 heterocycles. The van der Waals surface area contributed by atoms with E-state index in [4.69, 9.17) is 0 Å². The van der Waals surface area contributed by atoms with Crippen LogP contribution in [0.2, 0.25) is 0 Å². The van der Waals surface area contributed by atoms with Gasteiger partial charge >= 0.3 is 0 Å². The van der Waals surface area contributed by atoms with Gasteiger partial charge in [0.15, 0.2) is 0 Å². The molecule has 22 heavy (non-hydrogen) atoms. The van der Waals surface area contributed by atoms with Gasteiger partial charge in [0.2, 0.25) is 0 Å². The van der Waals surface area contributed by atoms with Crippen molar-refractivity contribution in [2.75, 3.05) is 17.3 Å². The van der Waals surface area contributed by atoms with E-state index in [0.29, 0.717) is 0 Å². The minimum atomic E-state index is 1.09. The minimum Gasteiger partial charge on any atom is -0.356 e. The number of rotatable bonds is 4. The first-order valence-electron chi connectivity index (χ1n) is 7.45. The van der Waals surface area contributed by atoms with Crippen molar-refractivity contribution >= 4 is 22.7 Å². The van der Waals surface area contributed by atoms with Crippen LogP contribution in [0.5, 0.6) is 0 Å². The Balaban J connectivity index is 1.74. The summed E-state index contributed by atoms with van der Waals surface area (Å²) in [5.41, 5.74) is 5.82. The van der Waals surface area contributed by atoms with Crippen molar-refractivity contribution in [2.45, 2.75) is 6.92 Å². The fourth-order valence-corrected chi connectivity index (χ4v) is 2.37. The second-order valence-corrected chi connectivity index (χ2v) is 5.43. The van der Waals surface area contributed by atoms with Crippen molar-refractivity contribution in [1.82, 2.24) is 0 Å². The Morgan fingerprint density at radius 1 is 0.636 bits per heavy atom. The van der Waals surface area contributed by atoms with Crippen LogP contribution in [0.1, 0.15) is 5.56 Å². The zero-order valence-electron chi connectivity index (χ0n) is 13.0. The molecule has 0 radical (unpaired) electrons. The highest BCUT2D eigenvalue weighted by molar-refractivity contribution is 5.67. The quantitative estimate of drug-likeness (QED) is 0.681. The van der Waals surface area contributed by atoms with Crippen LogP contribution in [-0.2, 0) is 0 Å². The smallest absolute Gasteiger partial charge is 0.0409 e. The van der Waals surface area contributed by atoms with E-state index in [1.807, 2.05) is 6.07 Å². The van der Waals surface area contributed by atoms with E-state index in [1.165, 1.54) is 16.9 Å². The summed E-state index contributed by atoms with van der Waals surface area (Å²) in [4.78, 5) is 2.18. The summed E-state index contributed by atoms with van der Waals surface area (Å²) >= 11 is 0.